The molecule has 1 aliphatic heterocycles. The summed E-state index contributed by atoms with van der Waals surface area (Å²) in [6.07, 6.45) is 5.28. The highest BCUT2D eigenvalue weighted by atomic mass is 16.5. The molecule has 2 aliphatic rings. The number of carbonyl (C=O) groups is 1. The van der Waals surface area contributed by atoms with Crippen LogP contribution in [0.4, 0.5) is 5.69 Å². The third-order valence-electron chi connectivity index (χ3n) is 5.64. The van der Waals surface area contributed by atoms with E-state index >= 15 is 0 Å². The van der Waals surface area contributed by atoms with Crippen LogP contribution in [0.25, 0.3) is 0 Å². The standard InChI is InChI=1S/C24H26N2O3/c1-3-29-23(27)24-16-10-9-15-22(24)26(20-13-7-8-14-21(20)28-2)25-19(17-24)18-11-5-4-6-12-18/h4-8,11-15H,3,9-10,16-17H2,1-2H3. The molecule has 1 aliphatic carbocycles. The molecular weight excluding hydrogens is 364 g/mol. The number of esters is 1. The number of anilines is 1. The van der Waals surface area contributed by atoms with E-state index in [9.17, 15) is 4.79 Å². The van der Waals surface area contributed by atoms with Gasteiger partial charge in [-0.05, 0) is 43.9 Å². The van der Waals surface area contributed by atoms with E-state index in [2.05, 4.69) is 6.08 Å². The molecule has 1 unspecified atom stereocenters. The quantitative estimate of drug-likeness (QED) is 0.680. The van der Waals surface area contributed by atoms with Crippen molar-refractivity contribution in [2.24, 2.45) is 10.5 Å². The Bertz CT molecular complexity index is 952. The first kappa shape index (κ1) is 19.2. The fourth-order valence-electron chi connectivity index (χ4n) is 4.26. The van der Waals surface area contributed by atoms with Crippen molar-refractivity contribution >= 4 is 17.4 Å². The Balaban J connectivity index is 1.91. The van der Waals surface area contributed by atoms with Crippen LogP contribution in [0.1, 0.15) is 38.2 Å². The van der Waals surface area contributed by atoms with E-state index in [1.54, 1.807) is 7.11 Å². The Morgan fingerprint density at radius 3 is 2.66 bits per heavy atom. The summed E-state index contributed by atoms with van der Waals surface area (Å²) < 4.78 is 11.2. The van der Waals surface area contributed by atoms with Crippen molar-refractivity contribution < 1.29 is 14.3 Å². The minimum atomic E-state index is -0.734. The zero-order valence-electron chi connectivity index (χ0n) is 16.9. The first-order valence-electron chi connectivity index (χ1n) is 10.1. The van der Waals surface area contributed by atoms with Crippen molar-refractivity contribution in [3.63, 3.8) is 0 Å². The van der Waals surface area contributed by atoms with Gasteiger partial charge in [-0.15, -0.1) is 0 Å². The number of hydrogen-bond donors (Lipinski definition) is 0. The summed E-state index contributed by atoms with van der Waals surface area (Å²) in [5.74, 6) is 0.545. The Morgan fingerprint density at radius 1 is 1.14 bits per heavy atom. The molecule has 2 aromatic carbocycles. The first-order chi connectivity index (χ1) is 14.2. The van der Waals surface area contributed by atoms with Crippen LogP contribution in [0.2, 0.25) is 0 Å². The van der Waals surface area contributed by atoms with Gasteiger partial charge in [0.05, 0.1) is 25.1 Å². The van der Waals surface area contributed by atoms with Gasteiger partial charge in [0.15, 0.2) is 0 Å². The molecule has 0 saturated heterocycles. The average Bonchev–Trinajstić information content (AvgIpc) is 2.79. The highest BCUT2D eigenvalue weighted by Gasteiger charge is 2.50. The van der Waals surface area contributed by atoms with E-state index in [0.29, 0.717) is 13.0 Å². The molecule has 0 radical (unpaired) electrons. The molecule has 0 N–H and O–H groups in total. The van der Waals surface area contributed by atoms with Gasteiger partial charge in [0, 0.05) is 6.42 Å². The maximum atomic E-state index is 13.3. The lowest BCUT2D eigenvalue weighted by atomic mass is 9.70. The van der Waals surface area contributed by atoms with E-state index < -0.39 is 5.41 Å². The highest BCUT2D eigenvalue weighted by Crippen LogP contribution is 2.49. The van der Waals surface area contributed by atoms with Crippen LogP contribution in [-0.4, -0.2) is 25.4 Å². The summed E-state index contributed by atoms with van der Waals surface area (Å²) in [5, 5.41) is 6.89. The maximum absolute atomic E-state index is 13.3. The van der Waals surface area contributed by atoms with Gasteiger partial charge in [0.1, 0.15) is 16.9 Å². The van der Waals surface area contributed by atoms with Crippen molar-refractivity contribution in [2.45, 2.75) is 32.6 Å². The second-order valence-electron chi connectivity index (χ2n) is 7.36. The van der Waals surface area contributed by atoms with Crippen LogP contribution in [0.15, 0.2) is 71.5 Å². The summed E-state index contributed by atoms with van der Waals surface area (Å²) in [6, 6.07) is 17.8. The topological polar surface area (TPSA) is 51.1 Å². The molecule has 5 nitrogen and oxygen atoms in total. The number of ether oxygens (including phenoxy) is 2. The monoisotopic (exact) mass is 390 g/mol. The average molecular weight is 390 g/mol. The number of nitrogens with zero attached hydrogens (tertiary/aromatic N) is 2. The predicted molar refractivity (Wildman–Crippen MR) is 114 cm³/mol. The first-order valence-corrected chi connectivity index (χ1v) is 10.1. The molecule has 0 fully saturated rings. The molecule has 0 bridgehead atoms. The molecule has 1 heterocycles. The second kappa shape index (κ2) is 8.11. The lowest BCUT2D eigenvalue weighted by molar-refractivity contribution is -0.153. The van der Waals surface area contributed by atoms with Crippen LogP contribution in [0.5, 0.6) is 5.75 Å². The van der Waals surface area contributed by atoms with Gasteiger partial charge >= 0.3 is 5.97 Å². The van der Waals surface area contributed by atoms with E-state index in [4.69, 9.17) is 14.6 Å². The molecular formula is C24H26N2O3. The molecule has 0 aromatic heterocycles. The lowest BCUT2D eigenvalue weighted by Gasteiger charge is -2.44. The molecule has 150 valence electrons. The summed E-state index contributed by atoms with van der Waals surface area (Å²) in [7, 11) is 1.65. The fourth-order valence-corrected chi connectivity index (χ4v) is 4.26. The largest absolute Gasteiger partial charge is 0.494 e. The molecule has 5 heteroatoms. The summed E-state index contributed by atoms with van der Waals surface area (Å²) in [6.45, 7) is 2.22. The number of fused-ring (bicyclic) bond motifs is 1. The van der Waals surface area contributed by atoms with Crippen LogP contribution < -0.4 is 9.75 Å². The summed E-state index contributed by atoms with van der Waals surface area (Å²) in [4.78, 5) is 13.3. The molecule has 29 heavy (non-hydrogen) atoms. The number of methoxy groups -OCH3 is 1. The molecule has 2 aromatic rings. The minimum Gasteiger partial charge on any atom is -0.494 e. The van der Waals surface area contributed by atoms with E-state index in [0.717, 1.165) is 47.7 Å². The van der Waals surface area contributed by atoms with Gasteiger partial charge in [0.25, 0.3) is 0 Å². The molecule has 4 rings (SSSR count). The van der Waals surface area contributed by atoms with E-state index in [1.165, 1.54) is 0 Å². The molecule has 1 atom stereocenters. The van der Waals surface area contributed by atoms with Crippen LogP contribution in [0.3, 0.4) is 0 Å². The molecule has 0 amide bonds. The van der Waals surface area contributed by atoms with Crippen molar-refractivity contribution in [1.29, 1.82) is 0 Å². The van der Waals surface area contributed by atoms with Crippen LogP contribution >= 0.6 is 0 Å². The van der Waals surface area contributed by atoms with Crippen molar-refractivity contribution in [2.75, 3.05) is 18.7 Å². The Hall–Kier alpha value is -3.08. The second-order valence-corrected chi connectivity index (χ2v) is 7.36. The SMILES string of the molecule is CCOC(=O)C12CCCC=C1N(c1ccccc1OC)N=C(c1ccccc1)C2. The third kappa shape index (κ3) is 3.41. The molecule has 0 spiro atoms. The van der Waals surface area contributed by atoms with Crippen molar-refractivity contribution in [1.82, 2.24) is 0 Å². The fraction of sp³-hybridized carbons (Fsp3) is 0.333. The van der Waals surface area contributed by atoms with Crippen LogP contribution in [0, 0.1) is 5.41 Å². The van der Waals surface area contributed by atoms with Gasteiger partial charge in [-0.1, -0.05) is 48.5 Å². The van der Waals surface area contributed by atoms with E-state index in [1.807, 2.05) is 66.5 Å². The van der Waals surface area contributed by atoms with Gasteiger partial charge in [-0.2, -0.15) is 5.10 Å². The smallest absolute Gasteiger partial charge is 0.318 e. The lowest BCUT2D eigenvalue weighted by Crippen LogP contribution is -2.47. The number of hydrogen-bond acceptors (Lipinski definition) is 5. The zero-order valence-corrected chi connectivity index (χ0v) is 16.9. The normalized spacial score (nSPS) is 21.0. The number of para-hydroxylation sites is 2. The number of allylic oxidation sites excluding steroid dienone is 1. The minimum absolute atomic E-state index is 0.172. The van der Waals surface area contributed by atoms with Gasteiger partial charge < -0.3 is 9.47 Å². The highest BCUT2D eigenvalue weighted by molar-refractivity contribution is 6.06. The van der Waals surface area contributed by atoms with Gasteiger partial charge in [-0.25, -0.2) is 5.01 Å². The summed E-state index contributed by atoms with van der Waals surface area (Å²) >= 11 is 0. The maximum Gasteiger partial charge on any atom is 0.318 e. The zero-order chi connectivity index (χ0) is 20.3. The Labute approximate surface area is 171 Å². The van der Waals surface area contributed by atoms with Gasteiger partial charge in [-0.3, -0.25) is 4.79 Å². The van der Waals surface area contributed by atoms with Crippen LogP contribution in [-0.2, 0) is 9.53 Å². The number of rotatable bonds is 5. The van der Waals surface area contributed by atoms with Gasteiger partial charge in [0.2, 0.25) is 0 Å². The van der Waals surface area contributed by atoms with E-state index in [-0.39, 0.29) is 5.97 Å². The predicted octanol–water partition coefficient (Wildman–Crippen LogP) is 4.93. The number of benzene rings is 2. The van der Waals surface area contributed by atoms with Crippen molar-refractivity contribution in [3.05, 3.63) is 71.9 Å². The third-order valence-corrected chi connectivity index (χ3v) is 5.64. The Kier molecular flexibility index (Phi) is 5.38. The molecule has 0 saturated carbocycles. The number of hydrazone groups is 1. The summed E-state index contributed by atoms with van der Waals surface area (Å²) in [5.41, 5.74) is 2.88. The van der Waals surface area contributed by atoms with Crippen molar-refractivity contribution in [3.8, 4) is 5.75 Å². The number of carbonyl (C=O) groups excluding carboxylic acids is 1. The Morgan fingerprint density at radius 2 is 1.90 bits per heavy atom.